The Bertz CT molecular complexity index is 798. The highest BCUT2D eigenvalue weighted by atomic mass is 19.3. The first-order chi connectivity index (χ1) is 10.8. The van der Waals surface area contributed by atoms with Crippen molar-refractivity contribution in [2.75, 3.05) is 0 Å². The normalized spacial score (nSPS) is 14.1. The maximum atomic E-state index is 14.1. The predicted molar refractivity (Wildman–Crippen MR) is 67.9 cm³/mol. The van der Waals surface area contributed by atoms with Crippen molar-refractivity contribution in [1.82, 2.24) is 20.1 Å². The molecular formula is C13H8F2N4O4. The lowest BCUT2D eigenvalue weighted by Crippen LogP contribution is -2.39. The van der Waals surface area contributed by atoms with Gasteiger partial charge >= 0.3 is 11.9 Å². The molecule has 2 heterocycles. The van der Waals surface area contributed by atoms with Crippen molar-refractivity contribution in [1.29, 1.82) is 0 Å². The van der Waals surface area contributed by atoms with Crippen LogP contribution in [0.2, 0.25) is 0 Å². The van der Waals surface area contributed by atoms with Crippen LogP contribution in [0.15, 0.2) is 30.5 Å². The van der Waals surface area contributed by atoms with Gasteiger partial charge in [-0.05, 0) is 12.1 Å². The Kier molecular flexibility index (Phi) is 3.17. The van der Waals surface area contributed by atoms with Crippen LogP contribution >= 0.6 is 0 Å². The van der Waals surface area contributed by atoms with Gasteiger partial charge in [-0.1, -0.05) is 22.4 Å². The number of rotatable bonds is 3. The standard InChI is InChI=1S/C13H8F2N4O4/c1-18-9(6-16-17-18)13(14,15)12(22)23-19-10(20)7-4-2-3-5-8(7)11(19)21/h2-6H,1H3. The minimum absolute atomic E-state index is 0.0186. The average Bonchev–Trinajstić information content (AvgIpc) is 3.06. The number of hydrogen-bond donors (Lipinski definition) is 0. The molecule has 0 atom stereocenters. The fraction of sp³-hybridized carbons (Fsp3) is 0.154. The largest absolute Gasteiger partial charge is 0.409 e. The molecular weight excluding hydrogens is 314 g/mol. The molecule has 0 aliphatic carbocycles. The first-order valence-electron chi connectivity index (χ1n) is 6.27. The molecule has 23 heavy (non-hydrogen) atoms. The van der Waals surface area contributed by atoms with Crippen LogP contribution in [0.5, 0.6) is 0 Å². The molecule has 10 heteroatoms. The second-order valence-corrected chi connectivity index (χ2v) is 4.65. The van der Waals surface area contributed by atoms with Crippen molar-refractivity contribution in [2.24, 2.45) is 7.05 Å². The summed E-state index contributed by atoms with van der Waals surface area (Å²) in [4.78, 5) is 40.0. The molecule has 0 radical (unpaired) electrons. The molecule has 3 rings (SSSR count). The molecule has 0 fully saturated rings. The van der Waals surface area contributed by atoms with Gasteiger partial charge in [-0.15, -0.1) is 5.10 Å². The van der Waals surface area contributed by atoms with Gasteiger partial charge in [0.2, 0.25) is 0 Å². The number of imide groups is 1. The van der Waals surface area contributed by atoms with Crippen LogP contribution in [-0.4, -0.2) is 37.8 Å². The lowest BCUT2D eigenvalue weighted by molar-refractivity contribution is -0.199. The van der Waals surface area contributed by atoms with Gasteiger partial charge < -0.3 is 4.84 Å². The Hall–Kier alpha value is -3.17. The minimum Gasteiger partial charge on any atom is -0.323 e. The molecule has 1 aromatic carbocycles. The number of aryl methyl sites for hydroxylation is 1. The zero-order chi connectivity index (χ0) is 16.8. The summed E-state index contributed by atoms with van der Waals surface area (Å²) in [6.07, 6.45) is 0.684. The van der Waals surface area contributed by atoms with E-state index in [2.05, 4.69) is 15.1 Å². The van der Waals surface area contributed by atoms with E-state index in [9.17, 15) is 23.2 Å². The third-order valence-electron chi connectivity index (χ3n) is 3.22. The van der Waals surface area contributed by atoms with E-state index in [4.69, 9.17) is 0 Å². The molecule has 118 valence electrons. The molecule has 0 unspecified atom stereocenters. The van der Waals surface area contributed by atoms with Crippen molar-refractivity contribution in [3.05, 3.63) is 47.3 Å². The zero-order valence-corrected chi connectivity index (χ0v) is 11.6. The maximum absolute atomic E-state index is 14.1. The summed E-state index contributed by atoms with van der Waals surface area (Å²) in [5.74, 6) is -8.19. The van der Waals surface area contributed by atoms with Gasteiger partial charge in [0.1, 0.15) is 5.69 Å². The summed E-state index contributed by atoms with van der Waals surface area (Å²) in [7, 11) is 1.16. The van der Waals surface area contributed by atoms with E-state index in [0.29, 0.717) is 10.9 Å². The summed E-state index contributed by atoms with van der Waals surface area (Å²) in [6.45, 7) is 0. The smallest absolute Gasteiger partial charge is 0.323 e. The monoisotopic (exact) mass is 322 g/mol. The highest BCUT2D eigenvalue weighted by Crippen LogP contribution is 2.30. The van der Waals surface area contributed by atoms with Crippen molar-refractivity contribution in [3.8, 4) is 0 Å². The first-order valence-corrected chi connectivity index (χ1v) is 6.27. The van der Waals surface area contributed by atoms with Crippen LogP contribution in [0.25, 0.3) is 0 Å². The van der Waals surface area contributed by atoms with Gasteiger partial charge in [0.25, 0.3) is 11.8 Å². The SMILES string of the molecule is Cn1nncc1C(F)(F)C(=O)ON1C(=O)c2ccccc2C1=O. The van der Waals surface area contributed by atoms with Gasteiger partial charge in [-0.3, -0.25) is 9.59 Å². The van der Waals surface area contributed by atoms with E-state index < -0.39 is 29.4 Å². The van der Waals surface area contributed by atoms with Crippen LogP contribution < -0.4 is 0 Å². The van der Waals surface area contributed by atoms with Crippen LogP contribution in [-0.2, 0) is 22.6 Å². The van der Waals surface area contributed by atoms with Gasteiger partial charge in [-0.25, -0.2) is 9.48 Å². The van der Waals surface area contributed by atoms with E-state index in [1.165, 1.54) is 24.3 Å². The highest BCUT2D eigenvalue weighted by molar-refractivity contribution is 6.20. The van der Waals surface area contributed by atoms with E-state index in [0.717, 1.165) is 7.05 Å². The molecule has 0 N–H and O–H groups in total. The fourth-order valence-corrected chi connectivity index (χ4v) is 2.07. The molecule has 0 bridgehead atoms. The number of aromatic nitrogens is 3. The molecule has 1 aliphatic rings. The number of halogens is 2. The molecule has 0 spiro atoms. The Morgan fingerprint density at radius 2 is 1.74 bits per heavy atom. The molecule has 8 nitrogen and oxygen atoms in total. The lowest BCUT2D eigenvalue weighted by Gasteiger charge is -2.18. The second kappa shape index (κ2) is 4.93. The number of carbonyl (C=O) groups is 3. The van der Waals surface area contributed by atoms with E-state index >= 15 is 0 Å². The van der Waals surface area contributed by atoms with E-state index in [-0.39, 0.29) is 16.2 Å². The topological polar surface area (TPSA) is 94.4 Å². The Labute approximate surface area is 127 Å². The molecule has 0 saturated carbocycles. The van der Waals surface area contributed by atoms with Crippen molar-refractivity contribution in [2.45, 2.75) is 5.92 Å². The number of nitrogens with zero attached hydrogens (tertiary/aromatic N) is 4. The Morgan fingerprint density at radius 1 is 1.17 bits per heavy atom. The predicted octanol–water partition coefficient (Wildman–Crippen LogP) is 0.661. The van der Waals surface area contributed by atoms with Gasteiger partial charge in [0, 0.05) is 7.05 Å². The zero-order valence-electron chi connectivity index (χ0n) is 11.6. The molecule has 1 aliphatic heterocycles. The first kappa shape index (κ1) is 14.8. The summed E-state index contributed by atoms with van der Waals surface area (Å²) >= 11 is 0. The Balaban J connectivity index is 1.86. The quantitative estimate of drug-likeness (QED) is 0.771. The van der Waals surface area contributed by atoms with Crippen LogP contribution in [0.1, 0.15) is 26.4 Å². The highest BCUT2D eigenvalue weighted by Gasteiger charge is 2.50. The number of benzene rings is 1. The minimum atomic E-state index is -4.13. The molecule has 0 saturated heterocycles. The number of carbonyl (C=O) groups excluding carboxylic acids is 3. The number of hydroxylamine groups is 2. The van der Waals surface area contributed by atoms with Gasteiger partial charge in [0.05, 0.1) is 17.3 Å². The van der Waals surface area contributed by atoms with Crippen LogP contribution in [0, 0.1) is 0 Å². The molecule has 1 aromatic heterocycles. The number of fused-ring (bicyclic) bond motifs is 1. The average molecular weight is 322 g/mol. The lowest BCUT2D eigenvalue weighted by atomic mass is 10.1. The summed E-state index contributed by atoms with van der Waals surface area (Å²) in [5, 5.41) is 6.55. The van der Waals surface area contributed by atoms with Gasteiger partial charge in [-0.2, -0.15) is 8.78 Å². The summed E-state index contributed by atoms with van der Waals surface area (Å²) < 4.78 is 28.8. The fourth-order valence-electron chi connectivity index (χ4n) is 2.07. The maximum Gasteiger partial charge on any atom is 0.409 e. The Morgan fingerprint density at radius 3 is 2.22 bits per heavy atom. The van der Waals surface area contributed by atoms with Crippen molar-refractivity contribution >= 4 is 17.8 Å². The van der Waals surface area contributed by atoms with Crippen LogP contribution in [0.3, 0.4) is 0 Å². The third-order valence-corrected chi connectivity index (χ3v) is 3.22. The van der Waals surface area contributed by atoms with Gasteiger partial charge in [0.15, 0.2) is 0 Å². The number of amides is 2. The summed E-state index contributed by atoms with van der Waals surface area (Å²) in [5.41, 5.74) is -0.897. The third kappa shape index (κ3) is 2.15. The van der Waals surface area contributed by atoms with E-state index in [1.807, 2.05) is 0 Å². The number of alkyl halides is 2. The molecule has 2 aromatic rings. The molecule has 2 amide bonds. The van der Waals surface area contributed by atoms with Crippen molar-refractivity contribution < 1.29 is 28.0 Å². The number of hydrogen-bond acceptors (Lipinski definition) is 6. The van der Waals surface area contributed by atoms with E-state index in [1.54, 1.807) is 0 Å². The summed E-state index contributed by atoms with van der Waals surface area (Å²) in [6, 6.07) is 5.63. The van der Waals surface area contributed by atoms with Crippen LogP contribution in [0.4, 0.5) is 8.78 Å². The second-order valence-electron chi connectivity index (χ2n) is 4.65. The van der Waals surface area contributed by atoms with Crippen molar-refractivity contribution in [3.63, 3.8) is 0 Å².